The summed E-state index contributed by atoms with van der Waals surface area (Å²) in [7, 11) is 0. The number of nitrogens with zero attached hydrogens (tertiary/aromatic N) is 1. The van der Waals surface area contributed by atoms with Crippen molar-refractivity contribution in [3.63, 3.8) is 0 Å². The Hall–Kier alpha value is -1.14. The van der Waals surface area contributed by atoms with E-state index in [-0.39, 0.29) is 11.9 Å². The first-order chi connectivity index (χ1) is 10.8. The molecule has 1 aromatic carbocycles. The second-order valence-corrected chi connectivity index (χ2v) is 7.27. The summed E-state index contributed by atoms with van der Waals surface area (Å²) < 4.78 is 5.20. The third-order valence-electron chi connectivity index (χ3n) is 3.28. The number of rotatable bonds is 7. The Morgan fingerprint density at radius 1 is 1.18 bits per heavy atom. The Morgan fingerprint density at radius 3 is 2.64 bits per heavy atom. The van der Waals surface area contributed by atoms with Crippen LogP contribution in [0.3, 0.4) is 0 Å². The first kappa shape index (κ1) is 17.2. The van der Waals surface area contributed by atoms with Gasteiger partial charge in [0.05, 0.1) is 12.2 Å². The third kappa shape index (κ3) is 6.32. The van der Waals surface area contributed by atoms with E-state index in [1.54, 1.807) is 0 Å². The van der Waals surface area contributed by atoms with Crippen LogP contribution in [0.5, 0.6) is 0 Å². The Bertz CT molecular complexity index is 476. The summed E-state index contributed by atoms with van der Waals surface area (Å²) in [5.74, 6) is 3.12. The number of hydrogen-bond acceptors (Lipinski definition) is 5. The van der Waals surface area contributed by atoms with Crippen molar-refractivity contribution in [3.8, 4) is 0 Å². The van der Waals surface area contributed by atoms with Crippen molar-refractivity contribution >= 4 is 35.4 Å². The number of amides is 1. The zero-order chi connectivity index (χ0) is 15.6. The molecule has 0 atom stereocenters. The van der Waals surface area contributed by atoms with Crippen LogP contribution in [-0.4, -0.2) is 52.9 Å². The lowest BCUT2D eigenvalue weighted by atomic mass is 10.2. The highest BCUT2D eigenvalue weighted by Gasteiger charge is 2.16. The summed E-state index contributed by atoms with van der Waals surface area (Å²) in [6, 6.07) is 9.63. The molecule has 1 fully saturated rings. The molecule has 0 radical (unpaired) electrons. The molecule has 4 nitrogen and oxygen atoms in total. The standard InChI is InChI=1S/C16H21NO3S2/c18-15(17-7-10-21-11-8-17)13-22-9-6-16(19)20-12-14-4-2-1-3-5-14/h1-5H,6-13H2. The molecule has 1 amide bonds. The van der Waals surface area contributed by atoms with Gasteiger partial charge in [-0.15, -0.1) is 0 Å². The molecule has 0 aliphatic carbocycles. The zero-order valence-corrected chi connectivity index (χ0v) is 14.2. The third-order valence-corrected chi connectivity index (χ3v) is 5.17. The molecule has 0 saturated carbocycles. The molecule has 1 aromatic rings. The second-order valence-electron chi connectivity index (χ2n) is 4.94. The lowest BCUT2D eigenvalue weighted by Crippen LogP contribution is -2.39. The van der Waals surface area contributed by atoms with Crippen molar-refractivity contribution in [2.75, 3.05) is 36.1 Å². The molecule has 0 spiro atoms. The van der Waals surface area contributed by atoms with Gasteiger partial charge in [-0.25, -0.2) is 0 Å². The molecule has 1 saturated heterocycles. The van der Waals surface area contributed by atoms with Gasteiger partial charge in [0, 0.05) is 30.3 Å². The number of carbonyl (C=O) groups excluding carboxylic acids is 2. The SMILES string of the molecule is O=C(CCSCC(=O)N1CCSCC1)OCc1ccccc1. The van der Waals surface area contributed by atoms with Gasteiger partial charge in [0.25, 0.3) is 0 Å². The summed E-state index contributed by atoms with van der Waals surface area (Å²) in [5, 5.41) is 0. The normalized spacial score (nSPS) is 14.6. The number of carbonyl (C=O) groups is 2. The quantitative estimate of drug-likeness (QED) is 0.564. The molecule has 6 heteroatoms. The van der Waals surface area contributed by atoms with Crippen LogP contribution in [0.25, 0.3) is 0 Å². The van der Waals surface area contributed by atoms with Crippen molar-refractivity contribution in [1.82, 2.24) is 4.90 Å². The van der Waals surface area contributed by atoms with Crippen molar-refractivity contribution in [2.45, 2.75) is 13.0 Å². The van der Waals surface area contributed by atoms with Crippen LogP contribution in [-0.2, 0) is 20.9 Å². The minimum Gasteiger partial charge on any atom is -0.461 e. The molecule has 22 heavy (non-hydrogen) atoms. The predicted molar refractivity (Wildman–Crippen MR) is 92.1 cm³/mol. The molecule has 0 N–H and O–H groups in total. The van der Waals surface area contributed by atoms with Gasteiger partial charge in [-0.2, -0.15) is 23.5 Å². The van der Waals surface area contributed by atoms with Gasteiger partial charge < -0.3 is 9.64 Å². The Labute approximate surface area is 140 Å². The number of thioether (sulfide) groups is 2. The molecule has 0 bridgehead atoms. The van der Waals surface area contributed by atoms with Gasteiger partial charge >= 0.3 is 5.97 Å². The highest BCUT2D eigenvalue weighted by Crippen LogP contribution is 2.12. The summed E-state index contributed by atoms with van der Waals surface area (Å²) >= 11 is 3.40. The first-order valence-electron chi connectivity index (χ1n) is 7.38. The van der Waals surface area contributed by atoms with E-state index in [1.165, 1.54) is 11.8 Å². The van der Waals surface area contributed by atoms with E-state index in [2.05, 4.69) is 0 Å². The van der Waals surface area contributed by atoms with E-state index >= 15 is 0 Å². The van der Waals surface area contributed by atoms with Gasteiger partial charge in [0.2, 0.25) is 5.91 Å². The van der Waals surface area contributed by atoms with Crippen LogP contribution in [0.15, 0.2) is 30.3 Å². The Kier molecular flexibility index (Phi) is 7.66. The summed E-state index contributed by atoms with van der Waals surface area (Å²) in [5.41, 5.74) is 0.988. The molecule has 120 valence electrons. The molecule has 1 aliphatic rings. The maximum Gasteiger partial charge on any atom is 0.306 e. The fourth-order valence-corrected chi connectivity index (χ4v) is 3.74. The topological polar surface area (TPSA) is 46.6 Å². The van der Waals surface area contributed by atoms with Crippen LogP contribution in [0.2, 0.25) is 0 Å². The zero-order valence-electron chi connectivity index (χ0n) is 12.5. The van der Waals surface area contributed by atoms with E-state index in [0.717, 1.165) is 30.2 Å². The smallest absolute Gasteiger partial charge is 0.306 e. The average Bonchev–Trinajstić information content (AvgIpc) is 2.58. The summed E-state index contributed by atoms with van der Waals surface area (Å²) in [6.45, 7) is 2.01. The van der Waals surface area contributed by atoms with Crippen LogP contribution >= 0.6 is 23.5 Å². The van der Waals surface area contributed by atoms with Gasteiger partial charge in [-0.05, 0) is 5.56 Å². The minimum atomic E-state index is -0.210. The summed E-state index contributed by atoms with van der Waals surface area (Å²) in [4.78, 5) is 25.5. The molecule has 2 rings (SSSR count). The van der Waals surface area contributed by atoms with Crippen LogP contribution in [0.1, 0.15) is 12.0 Å². The maximum atomic E-state index is 11.9. The highest BCUT2D eigenvalue weighted by atomic mass is 32.2. The lowest BCUT2D eigenvalue weighted by Gasteiger charge is -2.26. The predicted octanol–water partition coefficient (Wildman–Crippen LogP) is 2.43. The van der Waals surface area contributed by atoms with Crippen molar-refractivity contribution < 1.29 is 14.3 Å². The molecule has 1 aliphatic heterocycles. The van der Waals surface area contributed by atoms with Gasteiger partial charge in [0.15, 0.2) is 0 Å². The average molecular weight is 339 g/mol. The van der Waals surface area contributed by atoms with Crippen molar-refractivity contribution in [1.29, 1.82) is 0 Å². The number of hydrogen-bond donors (Lipinski definition) is 0. The van der Waals surface area contributed by atoms with Crippen molar-refractivity contribution in [2.24, 2.45) is 0 Å². The molecular weight excluding hydrogens is 318 g/mol. The van der Waals surface area contributed by atoms with Crippen molar-refractivity contribution in [3.05, 3.63) is 35.9 Å². The number of esters is 1. The summed E-state index contributed by atoms with van der Waals surface area (Å²) in [6.07, 6.45) is 0.348. The lowest BCUT2D eigenvalue weighted by molar-refractivity contribution is -0.144. The van der Waals surface area contributed by atoms with Crippen LogP contribution in [0, 0.1) is 0 Å². The monoisotopic (exact) mass is 339 g/mol. The molecule has 0 unspecified atom stereocenters. The van der Waals surface area contributed by atoms with E-state index in [4.69, 9.17) is 4.74 Å². The Balaban J connectivity index is 1.54. The Morgan fingerprint density at radius 2 is 1.91 bits per heavy atom. The number of ether oxygens (including phenoxy) is 1. The molecule has 1 heterocycles. The fourth-order valence-electron chi connectivity index (χ4n) is 2.03. The van der Waals surface area contributed by atoms with E-state index < -0.39 is 0 Å². The van der Waals surface area contributed by atoms with Crippen LogP contribution in [0.4, 0.5) is 0 Å². The van der Waals surface area contributed by atoms with Gasteiger partial charge in [0.1, 0.15) is 6.61 Å². The fraction of sp³-hybridized carbons (Fsp3) is 0.500. The van der Waals surface area contributed by atoms with E-state index in [1.807, 2.05) is 47.0 Å². The second kappa shape index (κ2) is 9.79. The van der Waals surface area contributed by atoms with Gasteiger partial charge in [-0.3, -0.25) is 9.59 Å². The van der Waals surface area contributed by atoms with Crippen LogP contribution < -0.4 is 0 Å². The molecule has 0 aromatic heterocycles. The first-order valence-corrected chi connectivity index (χ1v) is 9.69. The van der Waals surface area contributed by atoms with E-state index in [9.17, 15) is 9.59 Å². The van der Waals surface area contributed by atoms with Gasteiger partial charge in [-0.1, -0.05) is 30.3 Å². The largest absolute Gasteiger partial charge is 0.461 e. The van der Waals surface area contributed by atoms with E-state index in [0.29, 0.717) is 24.5 Å². The molecular formula is C16H21NO3S2. The maximum absolute atomic E-state index is 11.9. The highest BCUT2D eigenvalue weighted by molar-refractivity contribution is 8.00. The number of benzene rings is 1. The minimum absolute atomic E-state index is 0.183.